The third-order valence-electron chi connectivity index (χ3n) is 5.29. The van der Waals surface area contributed by atoms with Gasteiger partial charge in [0, 0.05) is 33.7 Å². The van der Waals surface area contributed by atoms with Gasteiger partial charge in [-0.25, -0.2) is 0 Å². The summed E-state index contributed by atoms with van der Waals surface area (Å²) in [5.41, 5.74) is 1.86. The van der Waals surface area contributed by atoms with Gasteiger partial charge in [0.2, 0.25) is 0 Å². The Kier molecular flexibility index (Phi) is 5.13. The first-order valence-corrected chi connectivity index (χ1v) is 11.1. The molecule has 0 aliphatic heterocycles. The highest BCUT2D eigenvalue weighted by Crippen LogP contribution is 2.48. The van der Waals surface area contributed by atoms with Gasteiger partial charge in [-0.15, -0.1) is 0 Å². The first-order chi connectivity index (χ1) is 13.8. The number of hydrogen-bond acceptors (Lipinski definition) is 2. The zero-order chi connectivity index (χ0) is 19.0. The second kappa shape index (κ2) is 7.73. The van der Waals surface area contributed by atoms with E-state index in [2.05, 4.69) is 91.0 Å². The molecule has 0 amide bonds. The Morgan fingerprint density at radius 1 is 0.621 bits per heavy atom. The molecule has 0 atom stereocenters. The van der Waals surface area contributed by atoms with Crippen LogP contribution in [0.4, 0.5) is 0 Å². The molecule has 4 aromatic carbocycles. The van der Waals surface area contributed by atoms with E-state index in [1.807, 2.05) is 19.2 Å². The third-order valence-corrected chi connectivity index (χ3v) is 9.03. The Morgan fingerprint density at radius 2 is 1.17 bits per heavy atom. The van der Waals surface area contributed by atoms with Crippen molar-refractivity contribution in [3.05, 3.63) is 103 Å². The molecule has 0 fully saturated rings. The summed E-state index contributed by atoms with van der Waals surface area (Å²) in [6, 6.07) is 35.9. The van der Waals surface area contributed by atoms with Crippen LogP contribution in [0.2, 0.25) is 0 Å². The van der Waals surface area contributed by atoms with Crippen LogP contribution in [0.3, 0.4) is 0 Å². The number of benzene rings is 4. The van der Waals surface area contributed by atoms with Crippen molar-refractivity contribution in [2.45, 2.75) is 7.43 Å². The van der Waals surface area contributed by atoms with Gasteiger partial charge in [0.15, 0.2) is 0 Å². The molecule has 0 saturated carbocycles. The Labute approximate surface area is 171 Å². The number of fused-ring (bicyclic) bond motifs is 3. The molecule has 0 N–H and O–H groups in total. The largest absolute Gasteiger partial charge is 0.455 e. The van der Waals surface area contributed by atoms with Gasteiger partial charge in [0.05, 0.1) is 7.05 Å². The molecule has 0 saturated heterocycles. The number of furan rings is 1. The average molecular weight is 397 g/mol. The molecular weight excluding hydrogens is 373 g/mol. The number of para-hydroxylation sites is 2. The summed E-state index contributed by atoms with van der Waals surface area (Å²) in [5, 5.41) is 5.93. The summed E-state index contributed by atoms with van der Waals surface area (Å²) in [4.78, 5) is 0. The van der Waals surface area contributed by atoms with Crippen LogP contribution in [0.1, 0.15) is 7.43 Å². The second-order valence-electron chi connectivity index (χ2n) is 6.76. The molecule has 5 rings (SSSR count). The molecule has 0 unspecified atom stereocenters. The molecule has 0 spiro atoms. The van der Waals surface area contributed by atoms with Crippen LogP contribution in [-0.4, -0.2) is 7.05 Å². The standard InChI is InChI=1S/C25H20NOP.CH4/c1-26-28(19-11-4-2-5-12-19,20-13-6-3-7-14-20)24-18-10-16-22-21-15-8-9-17-23(21)27-25(22)24;/h2-18H,1H3;1H4. The molecule has 0 bridgehead atoms. The molecule has 29 heavy (non-hydrogen) atoms. The van der Waals surface area contributed by atoms with E-state index in [1.54, 1.807) is 0 Å². The summed E-state index contributed by atoms with van der Waals surface area (Å²) < 4.78 is 11.5. The van der Waals surface area contributed by atoms with Crippen molar-refractivity contribution < 1.29 is 4.42 Å². The van der Waals surface area contributed by atoms with Crippen molar-refractivity contribution in [3.8, 4) is 0 Å². The Balaban J connectivity index is 0.00000205. The Hall–Kier alpha value is -3.09. The molecular formula is C26H24NOP. The fourth-order valence-corrected chi connectivity index (χ4v) is 7.54. The first kappa shape index (κ1) is 19.2. The van der Waals surface area contributed by atoms with Crippen LogP contribution in [-0.2, 0) is 0 Å². The maximum Gasteiger partial charge on any atom is 0.145 e. The minimum Gasteiger partial charge on any atom is -0.455 e. The van der Waals surface area contributed by atoms with Gasteiger partial charge in [0.1, 0.15) is 11.2 Å². The van der Waals surface area contributed by atoms with Gasteiger partial charge < -0.3 is 4.42 Å². The van der Waals surface area contributed by atoms with Gasteiger partial charge in [-0.1, -0.05) is 98.4 Å². The summed E-state index contributed by atoms with van der Waals surface area (Å²) in [5.74, 6) is 0. The summed E-state index contributed by atoms with van der Waals surface area (Å²) >= 11 is 0. The average Bonchev–Trinajstić information content (AvgIpc) is 3.16. The normalized spacial score (nSPS) is 11.3. The van der Waals surface area contributed by atoms with Crippen molar-refractivity contribution >= 4 is 44.9 Å². The van der Waals surface area contributed by atoms with Crippen molar-refractivity contribution in [3.63, 3.8) is 0 Å². The smallest absolute Gasteiger partial charge is 0.145 e. The highest BCUT2D eigenvalue weighted by atomic mass is 31.2. The van der Waals surface area contributed by atoms with E-state index in [0.717, 1.165) is 21.9 Å². The van der Waals surface area contributed by atoms with Crippen molar-refractivity contribution in [2.75, 3.05) is 7.05 Å². The predicted molar refractivity (Wildman–Crippen MR) is 128 cm³/mol. The fraction of sp³-hybridized carbons (Fsp3) is 0.0769. The van der Waals surface area contributed by atoms with E-state index in [-0.39, 0.29) is 7.43 Å². The number of hydrogen-bond donors (Lipinski definition) is 0. The molecule has 2 nitrogen and oxygen atoms in total. The predicted octanol–water partition coefficient (Wildman–Crippen LogP) is 6.33. The minimum absolute atomic E-state index is 0. The minimum atomic E-state index is -2.20. The van der Waals surface area contributed by atoms with Gasteiger partial charge in [-0.05, 0) is 12.1 Å². The SMILES string of the molecule is C.CN=P(c1ccccc1)(c1ccccc1)c1cccc2c1oc1ccccc12. The number of nitrogens with zero attached hydrogens (tertiary/aromatic N) is 1. The van der Waals surface area contributed by atoms with Gasteiger partial charge in [0.25, 0.3) is 0 Å². The van der Waals surface area contributed by atoms with E-state index < -0.39 is 7.05 Å². The van der Waals surface area contributed by atoms with Gasteiger partial charge in [-0.3, -0.25) is 4.74 Å². The van der Waals surface area contributed by atoms with Gasteiger partial charge >= 0.3 is 0 Å². The highest BCUT2D eigenvalue weighted by molar-refractivity contribution is 7.87. The molecule has 1 aromatic heterocycles. The van der Waals surface area contributed by atoms with Crippen LogP contribution < -0.4 is 15.9 Å². The second-order valence-corrected chi connectivity index (χ2v) is 9.94. The van der Waals surface area contributed by atoms with Crippen molar-refractivity contribution in [1.82, 2.24) is 0 Å². The molecule has 3 heteroatoms. The van der Waals surface area contributed by atoms with E-state index in [4.69, 9.17) is 9.16 Å². The van der Waals surface area contributed by atoms with E-state index in [9.17, 15) is 0 Å². The highest BCUT2D eigenvalue weighted by Gasteiger charge is 2.29. The lowest BCUT2D eigenvalue weighted by molar-refractivity contribution is 0.671. The molecule has 0 aliphatic carbocycles. The van der Waals surface area contributed by atoms with Crippen LogP contribution in [0.25, 0.3) is 21.9 Å². The molecule has 1 heterocycles. The monoisotopic (exact) mass is 397 g/mol. The topological polar surface area (TPSA) is 25.5 Å². The van der Waals surface area contributed by atoms with Gasteiger partial charge in [-0.2, -0.15) is 0 Å². The Morgan fingerprint density at radius 3 is 1.79 bits per heavy atom. The van der Waals surface area contributed by atoms with E-state index in [1.165, 1.54) is 15.9 Å². The quantitative estimate of drug-likeness (QED) is 0.327. The van der Waals surface area contributed by atoms with Crippen molar-refractivity contribution in [2.24, 2.45) is 4.74 Å². The zero-order valence-corrected chi connectivity index (χ0v) is 16.5. The van der Waals surface area contributed by atoms with Crippen LogP contribution in [0, 0.1) is 0 Å². The van der Waals surface area contributed by atoms with E-state index >= 15 is 0 Å². The summed E-state index contributed by atoms with van der Waals surface area (Å²) in [7, 11) is -0.264. The zero-order valence-electron chi connectivity index (χ0n) is 15.6. The molecule has 0 radical (unpaired) electrons. The van der Waals surface area contributed by atoms with E-state index in [0.29, 0.717) is 0 Å². The fourth-order valence-electron chi connectivity index (χ4n) is 4.04. The maximum atomic E-state index is 6.40. The van der Waals surface area contributed by atoms with Crippen LogP contribution in [0.5, 0.6) is 0 Å². The van der Waals surface area contributed by atoms with Crippen LogP contribution >= 0.6 is 7.05 Å². The third kappa shape index (κ3) is 2.92. The summed E-state index contributed by atoms with van der Waals surface area (Å²) in [6.07, 6.45) is 0. The molecule has 0 aliphatic rings. The molecule has 5 aromatic rings. The van der Waals surface area contributed by atoms with Crippen LogP contribution in [0.15, 0.2) is 112 Å². The lowest BCUT2D eigenvalue weighted by atomic mass is 10.1. The summed E-state index contributed by atoms with van der Waals surface area (Å²) in [6.45, 7) is 0. The first-order valence-electron chi connectivity index (χ1n) is 9.37. The maximum absolute atomic E-state index is 6.40. The molecule has 144 valence electrons. The number of rotatable bonds is 3. The lowest BCUT2D eigenvalue weighted by Crippen LogP contribution is -2.25. The Bertz CT molecular complexity index is 1280. The lowest BCUT2D eigenvalue weighted by Gasteiger charge is -2.26. The van der Waals surface area contributed by atoms with Crippen molar-refractivity contribution in [1.29, 1.82) is 0 Å².